The van der Waals surface area contributed by atoms with E-state index in [2.05, 4.69) is 38.1 Å². The lowest BCUT2D eigenvalue weighted by molar-refractivity contribution is 0.321. The maximum absolute atomic E-state index is 5.71. The van der Waals surface area contributed by atoms with Crippen LogP contribution in [0.3, 0.4) is 0 Å². The minimum atomic E-state index is 0. The summed E-state index contributed by atoms with van der Waals surface area (Å²) < 4.78 is 5.71. The van der Waals surface area contributed by atoms with Gasteiger partial charge in [0, 0.05) is 5.39 Å². The third kappa shape index (κ3) is 2.52. The van der Waals surface area contributed by atoms with E-state index in [1.54, 1.807) is 0 Å². The first-order chi connectivity index (χ1) is 7.31. The molecule has 0 radical (unpaired) electrons. The Labute approximate surface area is 96.8 Å². The summed E-state index contributed by atoms with van der Waals surface area (Å²) in [6.07, 6.45) is 1.04. The molecule has 86 valence electrons. The summed E-state index contributed by atoms with van der Waals surface area (Å²) in [5, 5.41) is 2.46. The molecule has 0 saturated carbocycles. The molecule has 0 aliphatic carbocycles. The molecule has 0 spiro atoms. The molecule has 0 aliphatic rings. The third-order valence-corrected chi connectivity index (χ3v) is 2.46. The minimum Gasteiger partial charge on any atom is -0.493 e. The number of benzene rings is 2. The van der Waals surface area contributed by atoms with E-state index in [0.717, 1.165) is 18.8 Å². The molecule has 0 bridgehead atoms. The topological polar surface area (TPSA) is 44.2 Å². The minimum absolute atomic E-state index is 0. The molecule has 2 rings (SSSR count). The average Bonchev–Trinajstić information content (AvgIpc) is 2.25. The van der Waals surface area contributed by atoms with Crippen LogP contribution in [0.15, 0.2) is 36.4 Å². The first-order valence-electron chi connectivity index (χ1n) is 5.43. The van der Waals surface area contributed by atoms with Gasteiger partial charge in [0.05, 0.1) is 6.61 Å². The second kappa shape index (κ2) is 5.52. The van der Waals surface area contributed by atoms with E-state index in [1.165, 1.54) is 16.3 Å². The van der Waals surface area contributed by atoms with Crippen LogP contribution in [0.4, 0.5) is 0 Å². The highest BCUT2D eigenvalue weighted by atomic mass is 16.5. The molecule has 0 atom stereocenters. The number of hydrogen-bond acceptors (Lipinski definition) is 2. The summed E-state index contributed by atoms with van der Waals surface area (Å²) in [5.74, 6) is 0.995. The van der Waals surface area contributed by atoms with Gasteiger partial charge in [-0.2, -0.15) is 0 Å². The number of aryl methyl sites for hydroxylation is 1. The summed E-state index contributed by atoms with van der Waals surface area (Å²) in [4.78, 5) is 0. The van der Waals surface area contributed by atoms with Crippen LogP contribution in [0.2, 0.25) is 0 Å². The van der Waals surface area contributed by atoms with Crippen molar-refractivity contribution < 1.29 is 4.74 Å². The van der Waals surface area contributed by atoms with Gasteiger partial charge in [0.2, 0.25) is 0 Å². The summed E-state index contributed by atoms with van der Waals surface area (Å²) in [6, 6.07) is 12.7. The quantitative estimate of drug-likeness (QED) is 0.841. The number of fused-ring (bicyclic) bond motifs is 1. The lowest BCUT2D eigenvalue weighted by Crippen LogP contribution is -1.95. The molecular formula is C14H19NO. The summed E-state index contributed by atoms with van der Waals surface area (Å²) in [6.45, 7) is 5.02. The zero-order valence-corrected chi connectivity index (χ0v) is 9.99. The van der Waals surface area contributed by atoms with Crippen LogP contribution >= 0.6 is 0 Å². The second-order valence-electron chi connectivity index (χ2n) is 3.83. The van der Waals surface area contributed by atoms with E-state index >= 15 is 0 Å². The van der Waals surface area contributed by atoms with Gasteiger partial charge in [-0.05, 0) is 24.8 Å². The lowest BCUT2D eigenvalue weighted by Gasteiger charge is -2.08. The van der Waals surface area contributed by atoms with Gasteiger partial charge < -0.3 is 10.9 Å². The Morgan fingerprint density at radius 3 is 2.69 bits per heavy atom. The van der Waals surface area contributed by atoms with Crippen molar-refractivity contribution in [1.82, 2.24) is 6.15 Å². The molecule has 16 heavy (non-hydrogen) atoms. The molecule has 0 heterocycles. The van der Waals surface area contributed by atoms with E-state index in [9.17, 15) is 0 Å². The van der Waals surface area contributed by atoms with Crippen LogP contribution in [-0.2, 0) is 0 Å². The highest BCUT2D eigenvalue weighted by Gasteiger charge is 2.00. The average molecular weight is 217 g/mol. The molecule has 0 fully saturated rings. The molecule has 0 unspecified atom stereocenters. The normalized spacial score (nSPS) is 9.88. The van der Waals surface area contributed by atoms with E-state index in [0.29, 0.717) is 0 Å². The number of ether oxygens (including phenoxy) is 1. The molecule has 2 aromatic rings. The zero-order valence-electron chi connectivity index (χ0n) is 9.99. The fourth-order valence-electron chi connectivity index (χ4n) is 1.71. The summed E-state index contributed by atoms with van der Waals surface area (Å²) in [5.41, 5.74) is 1.29. The van der Waals surface area contributed by atoms with Crippen molar-refractivity contribution in [3.05, 3.63) is 42.0 Å². The van der Waals surface area contributed by atoms with Gasteiger partial charge in [0.15, 0.2) is 0 Å². The Morgan fingerprint density at radius 2 is 1.94 bits per heavy atom. The SMILES string of the molecule is CCCOc1cccc2cc(C)ccc12.N. The van der Waals surface area contributed by atoms with Gasteiger partial charge in [-0.15, -0.1) is 0 Å². The van der Waals surface area contributed by atoms with Gasteiger partial charge in [0.25, 0.3) is 0 Å². The van der Waals surface area contributed by atoms with Crippen molar-refractivity contribution in [3.8, 4) is 5.75 Å². The highest BCUT2D eigenvalue weighted by molar-refractivity contribution is 5.88. The second-order valence-corrected chi connectivity index (χ2v) is 3.83. The van der Waals surface area contributed by atoms with E-state index < -0.39 is 0 Å². The first-order valence-corrected chi connectivity index (χ1v) is 5.43. The fourth-order valence-corrected chi connectivity index (χ4v) is 1.71. The Morgan fingerprint density at radius 1 is 1.12 bits per heavy atom. The molecule has 2 nitrogen and oxygen atoms in total. The Kier molecular flexibility index (Phi) is 4.32. The van der Waals surface area contributed by atoms with Crippen molar-refractivity contribution in [3.63, 3.8) is 0 Å². The lowest BCUT2D eigenvalue weighted by atomic mass is 10.1. The Bertz CT molecular complexity index is 465. The first kappa shape index (κ1) is 12.5. The van der Waals surface area contributed by atoms with Crippen LogP contribution < -0.4 is 10.9 Å². The van der Waals surface area contributed by atoms with Crippen molar-refractivity contribution in [2.75, 3.05) is 6.61 Å². The smallest absolute Gasteiger partial charge is 0.127 e. The molecule has 0 saturated heterocycles. The van der Waals surface area contributed by atoms with E-state index in [1.807, 2.05) is 12.1 Å². The van der Waals surface area contributed by atoms with Crippen molar-refractivity contribution in [1.29, 1.82) is 0 Å². The third-order valence-electron chi connectivity index (χ3n) is 2.46. The zero-order chi connectivity index (χ0) is 10.7. The van der Waals surface area contributed by atoms with Crippen molar-refractivity contribution in [2.45, 2.75) is 20.3 Å². The van der Waals surface area contributed by atoms with Crippen LogP contribution in [0.25, 0.3) is 10.8 Å². The van der Waals surface area contributed by atoms with Crippen LogP contribution in [0, 0.1) is 6.92 Å². The standard InChI is InChI=1S/C14H16O.H3N/c1-3-9-15-14-6-4-5-12-10-11(2)7-8-13(12)14;/h4-8,10H,3,9H2,1-2H3;1H3. The van der Waals surface area contributed by atoms with E-state index in [-0.39, 0.29) is 6.15 Å². The molecule has 2 heteroatoms. The van der Waals surface area contributed by atoms with Crippen LogP contribution in [-0.4, -0.2) is 6.61 Å². The van der Waals surface area contributed by atoms with Crippen LogP contribution in [0.1, 0.15) is 18.9 Å². The largest absolute Gasteiger partial charge is 0.493 e. The molecule has 2 aromatic carbocycles. The van der Waals surface area contributed by atoms with Crippen LogP contribution in [0.5, 0.6) is 5.75 Å². The Hall–Kier alpha value is -1.54. The van der Waals surface area contributed by atoms with Gasteiger partial charge in [-0.25, -0.2) is 0 Å². The van der Waals surface area contributed by atoms with Crippen molar-refractivity contribution >= 4 is 10.8 Å². The molecule has 3 N–H and O–H groups in total. The van der Waals surface area contributed by atoms with Gasteiger partial charge in [-0.1, -0.05) is 42.8 Å². The molecular weight excluding hydrogens is 198 g/mol. The monoisotopic (exact) mass is 217 g/mol. The summed E-state index contributed by atoms with van der Waals surface area (Å²) in [7, 11) is 0. The maximum atomic E-state index is 5.71. The molecule has 0 aliphatic heterocycles. The maximum Gasteiger partial charge on any atom is 0.127 e. The van der Waals surface area contributed by atoms with E-state index in [4.69, 9.17) is 4.74 Å². The number of rotatable bonds is 3. The predicted molar refractivity (Wildman–Crippen MR) is 69.5 cm³/mol. The highest BCUT2D eigenvalue weighted by Crippen LogP contribution is 2.26. The Balaban J connectivity index is 0.00000128. The number of hydrogen-bond donors (Lipinski definition) is 1. The molecule has 0 amide bonds. The fraction of sp³-hybridized carbons (Fsp3) is 0.286. The van der Waals surface area contributed by atoms with Gasteiger partial charge in [0.1, 0.15) is 5.75 Å². The predicted octanol–water partition coefficient (Wildman–Crippen LogP) is 4.10. The summed E-state index contributed by atoms with van der Waals surface area (Å²) >= 11 is 0. The van der Waals surface area contributed by atoms with Gasteiger partial charge in [-0.3, -0.25) is 0 Å². The van der Waals surface area contributed by atoms with Gasteiger partial charge >= 0.3 is 0 Å². The molecule has 0 aromatic heterocycles. The van der Waals surface area contributed by atoms with Crippen molar-refractivity contribution in [2.24, 2.45) is 0 Å².